The Hall–Kier alpha value is -1.50. The number of rotatable bonds is 8. The van der Waals surface area contributed by atoms with Gasteiger partial charge >= 0.3 is 5.97 Å². The highest BCUT2D eigenvalue weighted by molar-refractivity contribution is 8.00. The molecule has 0 fully saturated rings. The first kappa shape index (κ1) is 17.6. The molecule has 0 radical (unpaired) electrons. The molecule has 1 amide bonds. The zero-order valence-corrected chi connectivity index (χ0v) is 13.7. The van der Waals surface area contributed by atoms with E-state index in [-0.39, 0.29) is 11.8 Å². The van der Waals surface area contributed by atoms with E-state index in [4.69, 9.17) is 0 Å². The normalized spacial score (nSPS) is 14.5. The van der Waals surface area contributed by atoms with Crippen LogP contribution < -0.4 is 5.32 Å². The van der Waals surface area contributed by atoms with Crippen LogP contribution in [0.1, 0.15) is 39.9 Å². The van der Waals surface area contributed by atoms with Crippen molar-refractivity contribution >= 4 is 23.6 Å². The molecule has 0 aliphatic carbocycles. The van der Waals surface area contributed by atoms with Crippen molar-refractivity contribution in [3.05, 3.63) is 18.2 Å². The van der Waals surface area contributed by atoms with Crippen molar-refractivity contribution in [1.82, 2.24) is 15.3 Å². The van der Waals surface area contributed by atoms with Crippen molar-refractivity contribution in [2.45, 2.75) is 50.7 Å². The topological polar surface area (TPSA) is 95.1 Å². The summed E-state index contributed by atoms with van der Waals surface area (Å²) in [6.45, 7) is 7.29. The maximum Gasteiger partial charge on any atom is 0.326 e. The van der Waals surface area contributed by atoms with E-state index in [1.165, 1.54) is 11.8 Å². The number of hydrogen-bond donors (Lipinski definition) is 3. The summed E-state index contributed by atoms with van der Waals surface area (Å²) in [5.41, 5.74) is 0. The Labute approximate surface area is 129 Å². The number of aliphatic carboxylic acids is 1. The van der Waals surface area contributed by atoms with Gasteiger partial charge in [-0.2, -0.15) is 0 Å². The molecule has 1 rings (SSSR count). The zero-order valence-electron chi connectivity index (χ0n) is 12.8. The maximum absolute atomic E-state index is 12.3. The number of carbonyl (C=O) groups is 2. The molecular weight excluding hydrogens is 290 g/mol. The third kappa shape index (κ3) is 5.08. The number of amides is 1. The monoisotopic (exact) mass is 313 g/mol. The minimum absolute atomic E-state index is 0.114. The van der Waals surface area contributed by atoms with Crippen molar-refractivity contribution in [3.8, 4) is 0 Å². The number of nitrogens with one attached hydrogen (secondary N) is 2. The number of carboxylic acid groups (broad SMARTS) is 1. The SMILES string of the molecule is CC[C@H](C)[C@H](NC(=O)C(C)(C)SCc1ncc[nH]1)C(=O)O. The minimum Gasteiger partial charge on any atom is -0.480 e. The van der Waals surface area contributed by atoms with E-state index in [2.05, 4.69) is 15.3 Å². The van der Waals surface area contributed by atoms with Crippen LogP contribution in [-0.2, 0) is 15.3 Å². The van der Waals surface area contributed by atoms with E-state index in [1.54, 1.807) is 26.2 Å². The molecule has 0 unspecified atom stereocenters. The zero-order chi connectivity index (χ0) is 16.0. The Bertz CT molecular complexity index is 474. The van der Waals surface area contributed by atoms with E-state index < -0.39 is 16.8 Å². The Morgan fingerprint density at radius 2 is 2.19 bits per heavy atom. The van der Waals surface area contributed by atoms with Crippen molar-refractivity contribution < 1.29 is 14.7 Å². The maximum atomic E-state index is 12.3. The third-order valence-corrected chi connectivity index (χ3v) is 4.76. The largest absolute Gasteiger partial charge is 0.480 e. The number of hydrogen-bond acceptors (Lipinski definition) is 4. The van der Waals surface area contributed by atoms with Crippen LogP contribution in [0.5, 0.6) is 0 Å². The van der Waals surface area contributed by atoms with Crippen LogP contribution in [0.15, 0.2) is 12.4 Å². The molecule has 6 nitrogen and oxygen atoms in total. The average Bonchev–Trinajstić information content (AvgIpc) is 2.94. The lowest BCUT2D eigenvalue weighted by molar-refractivity contribution is -0.143. The number of imidazole rings is 1. The van der Waals surface area contributed by atoms with Crippen LogP contribution in [0.3, 0.4) is 0 Å². The fraction of sp³-hybridized carbons (Fsp3) is 0.643. The van der Waals surface area contributed by atoms with Gasteiger partial charge in [-0.05, 0) is 19.8 Å². The molecular formula is C14H23N3O3S. The predicted molar refractivity (Wildman–Crippen MR) is 83.0 cm³/mol. The van der Waals surface area contributed by atoms with Crippen LogP contribution >= 0.6 is 11.8 Å². The lowest BCUT2D eigenvalue weighted by Crippen LogP contribution is -2.51. The highest BCUT2D eigenvalue weighted by Gasteiger charge is 2.33. The van der Waals surface area contributed by atoms with Crippen LogP contribution in [0.2, 0.25) is 0 Å². The number of carboxylic acids is 1. The smallest absolute Gasteiger partial charge is 0.326 e. The first-order chi connectivity index (χ1) is 9.77. The summed E-state index contributed by atoms with van der Waals surface area (Å²) in [7, 11) is 0. The quantitative estimate of drug-likeness (QED) is 0.682. The van der Waals surface area contributed by atoms with Crippen LogP contribution in [0, 0.1) is 5.92 Å². The molecule has 0 bridgehead atoms. The molecule has 21 heavy (non-hydrogen) atoms. The molecule has 1 aromatic heterocycles. The van der Waals surface area contributed by atoms with E-state index in [0.717, 1.165) is 5.82 Å². The van der Waals surface area contributed by atoms with E-state index in [0.29, 0.717) is 12.2 Å². The molecule has 0 aliphatic heterocycles. The third-order valence-electron chi connectivity index (χ3n) is 3.44. The molecule has 1 aromatic rings. The predicted octanol–water partition coefficient (Wildman–Crippen LogP) is 2.04. The summed E-state index contributed by atoms with van der Waals surface area (Å²) in [5.74, 6) is -0.0275. The average molecular weight is 313 g/mol. The van der Waals surface area contributed by atoms with Crippen molar-refractivity contribution in [1.29, 1.82) is 0 Å². The van der Waals surface area contributed by atoms with Gasteiger partial charge in [-0.3, -0.25) is 4.79 Å². The standard InChI is InChI=1S/C14H23N3O3S/c1-5-9(2)11(12(18)19)17-13(20)14(3,4)21-8-10-15-6-7-16-10/h6-7,9,11H,5,8H2,1-4H3,(H,15,16)(H,17,20)(H,18,19)/t9-,11-/m0/s1. The summed E-state index contributed by atoms with van der Waals surface area (Å²) < 4.78 is -0.728. The minimum atomic E-state index is -0.996. The van der Waals surface area contributed by atoms with Gasteiger partial charge in [0.15, 0.2) is 0 Å². The Balaban J connectivity index is 2.64. The molecule has 0 aromatic carbocycles. The molecule has 0 saturated heterocycles. The van der Waals surface area contributed by atoms with Crippen LogP contribution in [0.4, 0.5) is 0 Å². The van der Waals surface area contributed by atoms with Crippen molar-refractivity contribution in [2.75, 3.05) is 0 Å². The fourth-order valence-corrected chi connectivity index (χ4v) is 2.53. The number of aromatic nitrogens is 2. The number of nitrogens with zero attached hydrogens (tertiary/aromatic N) is 1. The van der Waals surface area contributed by atoms with E-state index in [9.17, 15) is 14.7 Å². The van der Waals surface area contributed by atoms with Gasteiger partial charge in [0.05, 0.1) is 10.5 Å². The Morgan fingerprint density at radius 3 is 2.67 bits per heavy atom. The molecule has 0 saturated carbocycles. The first-order valence-corrected chi connectivity index (χ1v) is 7.92. The highest BCUT2D eigenvalue weighted by Crippen LogP contribution is 2.27. The van der Waals surface area contributed by atoms with Gasteiger partial charge in [-0.15, -0.1) is 11.8 Å². The molecule has 7 heteroatoms. The second-order valence-electron chi connectivity index (χ2n) is 5.51. The first-order valence-electron chi connectivity index (χ1n) is 6.94. The number of H-pyrrole nitrogens is 1. The van der Waals surface area contributed by atoms with Crippen LogP contribution in [-0.4, -0.2) is 37.7 Å². The molecule has 0 spiro atoms. The fourth-order valence-electron chi connectivity index (χ4n) is 1.69. The summed E-state index contributed by atoms with van der Waals surface area (Å²) in [4.78, 5) is 30.7. The lowest BCUT2D eigenvalue weighted by atomic mass is 9.98. The second-order valence-corrected chi connectivity index (χ2v) is 7.11. The molecule has 1 heterocycles. The number of thioether (sulfide) groups is 1. The van der Waals surface area contributed by atoms with Gasteiger partial charge in [-0.25, -0.2) is 9.78 Å². The van der Waals surface area contributed by atoms with Crippen molar-refractivity contribution in [3.63, 3.8) is 0 Å². The van der Waals surface area contributed by atoms with Gasteiger partial charge in [0, 0.05) is 12.4 Å². The van der Waals surface area contributed by atoms with Crippen LogP contribution in [0.25, 0.3) is 0 Å². The van der Waals surface area contributed by atoms with E-state index >= 15 is 0 Å². The molecule has 2 atom stereocenters. The summed E-state index contributed by atoms with van der Waals surface area (Å²) in [6.07, 6.45) is 4.08. The molecule has 0 aliphatic rings. The van der Waals surface area contributed by atoms with Gasteiger partial charge in [0.2, 0.25) is 5.91 Å². The van der Waals surface area contributed by atoms with E-state index in [1.807, 2.05) is 13.8 Å². The molecule has 3 N–H and O–H groups in total. The van der Waals surface area contributed by atoms with Gasteiger partial charge < -0.3 is 15.4 Å². The Morgan fingerprint density at radius 1 is 1.52 bits per heavy atom. The highest BCUT2D eigenvalue weighted by atomic mass is 32.2. The molecule has 118 valence electrons. The number of aromatic amines is 1. The van der Waals surface area contributed by atoms with Gasteiger partial charge in [0.1, 0.15) is 11.9 Å². The second kappa shape index (κ2) is 7.49. The van der Waals surface area contributed by atoms with Crippen molar-refractivity contribution in [2.24, 2.45) is 5.92 Å². The van der Waals surface area contributed by atoms with Gasteiger partial charge in [-0.1, -0.05) is 20.3 Å². The van der Waals surface area contributed by atoms with Gasteiger partial charge in [0.25, 0.3) is 0 Å². The summed E-state index contributed by atoms with van der Waals surface area (Å²) in [6, 6.07) is -0.856. The number of carbonyl (C=O) groups excluding carboxylic acids is 1. The Kier molecular flexibility index (Phi) is 6.26. The summed E-state index contributed by atoms with van der Waals surface area (Å²) in [5, 5.41) is 11.9. The lowest BCUT2D eigenvalue weighted by Gasteiger charge is -2.27. The summed E-state index contributed by atoms with van der Waals surface area (Å²) >= 11 is 1.42.